The van der Waals surface area contributed by atoms with Crippen LogP contribution in [0.3, 0.4) is 0 Å². The van der Waals surface area contributed by atoms with E-state index < -0.39 is 0 Å². The SMILES string of the molecule is CC=CC=CC.CNC.[C-]1=CC=CC1.[CH3-].[CH3-].[CH3-].[CH3-].[Ti]. The van der Waals surface area contributed by atoms with Gasteiger partial charge in [-0.15, -0.1) is 6.42 Å². The maximum absolute atomic E-state index is 2.99. The van der Waals surface area contributed by atoms with Crippen LogP contribution in [0.2, 0.25) is 0 Å². The first kappa shape index (κ1) is 42.8. The van der Waals surface area contributed by atoms with Crippen LogP contribution in [0.4, 0.5) is 0 Å². The van der Waals surface area contributed by atoms with Gasteiger partial charge in [-0.2, -0.15) is 6.08 Å². The van der Waals surface area contributed by atoms with Gasteiger partial charge in [0.2, 0.25) is 0 Å². The second-order valence-electron chi connectivity index (χ2n) is 2.55. The average Bonchev–Trinajstić information content (AvgIpc) is 2.74. The Labute approximate surface area is 139 Å². The van der Waals surface area contributed by atoms with E-state index in [0.717, 1.165) is 6.42 Å². The standard InChI is InChI=1S/C6H10.C5H5.C2H7N.4CH3.Ti/c1-3-5-6-4-2;1-2-4-5-3-1;1-3-2;;;;;/h3-6H,1-2H3;1-3H,4H2;3H,1-2H3;4*1H3;/q;-1;;4*-1;. The van der Waals surface area contributed by atoms with Gasteiger partial charge in [0.25, 0.3) is 0 Å². The normalized spacial score (nSPS) is 9.26. The fraction of sp³-hybridized carbons (Fsp3) is 0.294. The van der Waals surface area contributed by atoms with Crippen molar-refractivity contribution < 1.29 is 21.7 Å². The summed E-state index contributed by atoms with van der Waals surface area (Å²) in [6, 6.07) is 0. The molecule has 1 N–H and O–H groups in total. The molecule has 19 heavy (non-hydrogen) atoms. The molecule has 116 valence electrons. The van der Waals surface area contributed by atoms with Crippen molar-refractivity contribution in [2.45, 2.75) is 20.3 Å². The van der Waals surface area contributed by atoms with Crippen molar-refractivity contribution in [2.24, 2.45) is 0 Å². The van der Waals surface area contributed by atoms with Gasteiger partial charge in [-0.25, -0.2) is 12.2 Å². The van der Waals surface area contributed by atoms with Crippen molar-refractivity contribution in [3.63, 3.8) is 0 Å². The third-order valence-electron chi connectivity index (χ3n) is 1.08. The number of allylic oxidation sites excluding steroid dienone is 8. The van der Waals surface area contributed by atoms with Gasteiger partial charge in [0.05, 0.1) is 0 Å². The molecule has 0 fully saturated rings. The van der Waals surface area contributed by atoms with E-state index in [1.54, 1.807) is 0 Å². The summed E-state index contributed by atoms with van der Waals surface area (Å²) in [6.45, 7) is 4.00. The average molecular weight is 300 g/mol. The van der Waals surface area contributed by atoms with Crippen LogP contribution in [-0.2, 0) is 21.7 Å². The third-order valence-corrected chi connectivity index (χ3v) is 1.08. The van der Waals surface area contributed by atoms with Crippen LogP contribution in [0.25, 0.3) is 0 Å². The Morgan fingerprint density at radius 2 is 1.32 bits per heavy atom. The Morgan fingerprint density at radius 3 is 1.42 bits per heavy atom. The molecular formula is C17H34NTi-5. The molecule has 0 radical (unpaired) electrons. The Balaban J connectivity index is -0.0000000208. The Bertz CT molecular complexity index is 171. The second kappa shape index (κ2) is 52.6. The molecule has 0 unspecified atom stereocenters. The van der Waals surface area contributed by atoms with Gasteiger partial charge >= 0.3 is 0 Å². The van der Waals surface area contributed by atoms with E-state index in [2.05, 4.69) is 17.5 Å². The van der Waals surface area contributed by atoms with E-state index in [4.69, 9.17) is 0 Å². The van der Waals surface area contributed by atoms with Crippen LogP contribution in [0.1, 0.15) is 20.3 Å². The molecule has 1 rings (SSSR count). The largest absolute Gasteiger partial charge is 0.358 e. The van der Waals surface area contributed by atoms with Crippen LogP contribution < -0.4 is 5.32 Å². The van der Waals surface area contributed by atoms with Crippen molar-refractivity contribution in [3.8, 4) is 0 Å². The fourth-order valence-electron chi connectivity index (χ4n) is 0.562. The summed E-state index contributed by atoms with van der Waals surface area (Å²) in [5.41, 5.74) is 0. The summed E-state index contributed by atoms with van der Waals surface area (Å²) < 4.78 is 0. The molecule has 0 aromatic rings. The number of nitrogens with one attached hydrogen (secondary N) is 1. The van der Waals surface area contributed by atoms with Gasteiger partial charge in [0.15, 0.2) is 0 Å². The zero-order chi connectivity index (χ0) is 11.1. The van der Waals surface area contributed by atoms with Crippen LogP contribution in [0.5, 0.6) is 0 Å². The maximum Gasteiger partial charge on any atom is 0 e. The Hall–Kier alpha value is -0.366. The molecule has 0 atom stereocenters. The Morgan fingerprint density at radius 1 is 0.947 bits per heavy atom. The van der Waals surface area contributed by atoms with Gasteiger partial charge in [-0.3, -0.25) is 6.08 Å². The van der Waals surface area contributed by atoms with Crippen molar-refractivity contribution >= 4 is 0 Å². The minimum absolute atomic E-state index is 0. The summed E-state index contributed by atoms with van der Waals surface area (Å²) in [7, 11) is 3.75. The zero-order valence-electron chi connectivity index (χ0n) is 14.2. The van der Waals surface area contributed by atoms with Gasteiger partial charge < -0.3 is 35.0 Å². The minimum Gasteiger partial charge on any atom is -0.358 e. The summed E-state index contributed by atoms with van der Waals surface area (Å²) in [4.78, 5) is 0. The molecule has 0 bridgehead atoms. The second-order valence-corrected chi connectivity index (χ2v) is 2.55. The van der Waals surface area contributed by atoms with Gasteiger partial charge in [0.1, 0.15) is 0 Å². The van der Waals surface area contributed by atoms with Crippen LogP contribution in [0.15, 0.2) is 42.5 Å². The smallest absolute Gasteiger partial charge is 0 e. The molecule has 0 aliphatic heterocycles. The summed E-state index contributed by atoms with van der Waals surface area (Å²) >= 11 is 0. The zero-order valence-corrected chi connectivity index (χ0v) is 15.8. The monoisotopic (exact) mass is 300 g/mol. The first-order chi connectivity index (χ1) is 6.83. The van der Waals surface area contributed by atoms with E-state index >= 15 is 0 Å². The number of hydrogen-bond acceptors (Lipinski definition) is 1. The molecule has 1 nitrogen and oxygen atoms in total. The van der Waals surface area contributed by atoms with Crippen molar-refractivity contribution in [2.75, 3.05) is 14.1 Å². The number of hydrogen-bond donors (Lipinski definition) is 1. The predicted molar refractivity (Wildman–Crippen MR) is 91.8 cm³/mol. The van der Waals surface area contributed by atoms with E-state index in [1.807, 2.05) is 64.4 Å². The van der Waals surface area contributed by atoms with E-state index in [9.17, 15) is 0 Å². The third kappa shape index (κ3) is 74.0. The van der Waals surface area contributed by atoms with Crippen LogP contribution >= 0.6 is 0 Å². The summed E-state index contributed by atoms with van der Waals surface area (Å²) in [5.74, 6) is 0. The first-order valence-corrected chi connectivity index (χ1v) is 4.87. The van der Waals surface area contributed by atoms with Gasteiger partial charge in [-0.05, 0) is 27.9 Å². The van der Waals surface area contributed by atoms with Crippen molar-refractivity contribution in [1.82, 2.24) is 5.32 Å². The Kier molecular flexibility index (Phi) is 118. The molecule has 2 heteroatoms. The summed E-state index contributed by atoms with van der Waals surface area (Å²) in [5, 5.41) is 2.75. The van der Waals surface area contributed by atoms with E-state index in [1.165, 1.54) is 0 Å². The van der Waals surface area contributed by atoms with E-state index in [-0.39, 0.29) is 51.4 Å². The number of rotatable bonds is 1. The molecule has 0 amide bonds. The van der Waals surface area contributed by atoms with Gasteiger partial charge in [0, 0.05) is 21.7 Å². The molecule has 0 heterocycles. The molecule has 0 saturated heterocycles. The van der Waals surface area contributed by atoms with Crippen LogP contribution in [-0.4, -0.2) is 14.1 Å². The summed E-state index contributed by atoms with van der Waals surface area (Å²) in [6.07, 6.45) is 18.0. The van der Waals surface area contributed by atoms with Crippen LogP contribution in [0, 0.1) is 35.8 Å². The molecule has 0 spiro atoms. The van der Waals surface area contributed by atoms with E-state index in [0.29, 0.717) is 0 Å². The quantitative estimate of drug-likeness (QED) is 0.404. The molecular weight excluding hydrogens is 266 g/mol. The van der Waals surface area contributed by atoms with Crippen molar-refractivity contribution in [1.29, 1.82) is 0 Å². The first-order valence-electron chi connectivity index (χ1n) is 4.87. The molecule has 1 aliphatic carbocycles. The molecule has 0 aromatic carbocycles. The van der Waals surface area contributed by atoms with Gasteiger partial charge in [-0.1, -0.05) is 24.3 Å². The predicted octanol–water partition coefficient (Wildman–Crippen LogP) is 5.08. The molecule has 1 aliphatic rings. The fourth-order valence-corrected chi connectivity index (χ4v) is 0.562. The molecule has 0 aromatic heterocycles. The molecule has 0 saturated carbocycles. The maximum atomic E-state index is 2.99. The topological polar surface area (TPSA) is 12.0 Å². The minimum atomic E-state index is 0. The van der Waals surface area contributed by atoms with Crippen molar-refractivity contribution in [3.05, 3.63) is 78.3 Å².